The Labute approximate surface area is 175 Å². The van der Waals surface area contributed by atoms with Gasteiger partial charge in [-0.2, -0.15) is 8.78 Å². The second kappa shape index (κ2) is 8.54. The van der Waals surface area contributed by atoms with Gasteiger partial charge in [-0.25, -0.2) is 9.37 Å². The molecule has 158 valence electrons. The molecule has 0 bridgehead atoms. The first-order valence-electron chi connectivity index (χ1n) is 8.23. The van der Waals surface area contributed by atoms with Crippen molar-refractivity contribution < 1.29 is 27.5 Å². The third-order valence-corrected chi connectivity index (χ3v) is 3.99. The molecule has 3 rings (SSSR count). The van der Waals surface area contributed by atoms with E-state index < -0.39 is 29.5 Å². The third kappa shape index (κ3) is 4.43. The summed E-state index contributed by atoms with van der Waals surface area (Å²) in [5, 5.41) is 0.566. The molecule has 0 radical (unpaired) electrons. The summed E-state index contributed by atoms with van der Waals surface area (Å²) in [5.74, 6) is -4.27. The molecule has 0 aliphatic carbocycles. The summed E-state index contributed by atoms with van der Waals surface area (Å²) in [5.41, 5.74) is 6.19. The fraction of sp³-hybridized carbons (Fsp3) is 0.158. The monoisotopic (exact) mass is 440 g/mol. The van der Waals surface area contributed by atoms with Crippen molar-refractivity contribution in [1.82, 2.24) is 14.9 Å². The fourth-order valence-corrected chi connectivity index (χ4v) is 2.58. The number of alkyl halides is 2. The van der Waals surface area contributed by atoms with Crippen LogP contribution in [0, 0.1) is 5.82 Å². The lowest BCUT2D eigenvalue weighted by Crippen LogP contribution is -2.43. The van der Waals surface area contributed by atoms with Gasteiger partial charge in [-0.3, -0.25) is 14.6 Å². The number of primary amides is 1. The lowest BCUT2D eigenvalue weighted by molar-refractivity contribution is -0.201. The van der Waals surface area contributed by atoms with E-state index in [-0.39, 0.29) is 23.7 Å². The Hall–Kier alpha value is -3.40. The first-order valence-corrected chi connectivity index (χ1v) is 8.23. The zero-order valence-electron chi connectivity index (χ0n) is 15.7. The summed E-state index contributed by atoms with van der Waals surface area (Å²) >= 11 is 0. The van der Waals surface area contributed by atoms with E-state index in [2.05, 4.69) is 14.7 Å². The van der Waals surface area contributed by atoms with E-state index in [1.54, 1.807) is 6.07 Å². The normalized spacial score (nSPS) is 11.0. The van der Waals surface area contributed by atoms with Gasteiger partial charge in [-0.1, -0.05) is 6.07 Å². The number of nitrogens with zero attached hydrogens (tertiary/aromatic N) is 3. The molecule has 0 saturated heterocycles. The smallest absolute Gasteiger partial charge is 0.422 e. The van der Waals surface area contributed by atoms with Crippen molar-refractivity contribution in [2.75, 3.05) is 14.1 Å². The Morgan fingerprint density at radius 1 is 1.13 bits per heavy atom. The van der Waals surface area contributed by atoms with Gasteiger partial charge in [0.05, 0.1) is 5.52 Å². The van der Waals surface area contributed by atoms with Crippen LogP contribution in [0.15, 0.2) is 42.7 Å². The second-order valence-electron chi connectivity index (χ2n) is 6.28. The van der Waals surface area contributed by atoms with E-state index in [1.807, 2.05) is 0 Å². The van der Waals surface area contributed by atoms with Crippen molar-refractivity contribution in [1.29, 1.82) is 0 Å². The van der Waals surface area contributed by atoms with E-state index in [0.717, 1.165) is 26.2 Å². The number of carbonyl (C=O) groups excluding carboxylic acids is 2. The maximum Gasteiger partial charge on any atom is 0.482 e. The lowest BCUT2D eigenvalue weighted by Gasteiger charge is -2.20. The number of hydrogen-bond donors (Lipinski definition) is 1. The molecule has 2 amide bonds. The molecule has 0 aliphatic heterocycles. The number of rotatable bonds is 5. The number of nitrogens with two attached hydrogens (primary N) is 1. The van der Waals surface area contributed by atoms with Crippen LogP contribution in [0.5, 0.6) is 5.75 Å². The van der Waals surface area contributed by atoms with Gasteiger partial charge < -0.3 is 15.4 Å². The fourth-order valence-electron chi connectivity index (χ4n) is 2.58. The van der Waals surface area contributed by atoms with Crippen molar-refractivity contribution in [3.05, 3.63) is 54.2 Å². The quantitative estimate of drug-likeness (QED) is 0.657. The van der Waals surface area contributed by atoms with Crippen molar-refractivity contribution in [3.8, 4) is 16.9 Å². The van der Waals surface area contributed by atoms with Crippen molar-refractivity contribution in [2.45, 2.75) is 6.11 Å². The van der Waals surface area contributed by atoms with Crippen LogP contribution in [0.4, 0.5) is 13.2 Å². The number of carbonyl (C=O) groups is 2. The maximum atomic E-state index is 14.4. The largest absolute Gasteiger partial charge is 0.482 e. The van der Waals surface area contributed by atoms with E-state index in [1.165, 1.54) is 24.5 Å². The molecule has 2 aromatic heterocycles. The summed E-state index contributed by atoms with van der Waals surface area (Å²) in [7, 11) is 2.25. The first kappa shape index (κ1) is 22.9. The SMILES string of the molecule is CN(C)C(=O)C(F)(F)Oc1ccc(-c2cncc3ccc(C(N)=O)nc23)cc1F.Cl. The van der Waals surface area contributed by atoms with Crippen molar-refractivity contribution in [3.63, 3.8) is 0 Å². The molecule has 0 fully saturated rings. The van der Waals surface area contributed by atoms with Crippen LogP contribution in [-0.2, 0) is 4.79 Å². The van der Waals surface area contributed by atoms with Crippen LogP contribution in [0.2, 0.25) is 0 Å². The molecule has 7 nitrogen and oxygen atoms in total. The van der Waals surface area contributed by atoms with Crippen LogP contribution in [-0.4, -0.2) is 46.9 Å². The van der Waals surface area contributed by atoms with E-state index in [9.17, 15) is 22.8 Å². The molecule has 0 aliphatic rings. The Kier molecular flexibility index (Phi) is 6.51. The number of likely N-dealkylation sites (N-methyl/N-ethyl adjacent to an activating group) is 1. The summed E-state index contributed by atoms with van der Waals surface area (Å²) in [6, 6.07) is 6.24. The number of aromatic nitrogens is 2. The van der Waals surface area contributed by atoms with Crippen molar-refractivity contribution >= 4 is 35.1 Å². The predicted octanol–water partition coefficient (Wildman–Crippen LogP) is 3.02. The highest BCUT2D eigenvalue weighted by Crippen LogP contribution is 2.32. The van der Waals surface area contributed by atoms with E-state index in [4.69, 9.17) is 5.73 Å². The number of fused-ring (bicyclic) bond motifs is 1. The van der Waals surface area contributed by atoms with Crippen LogP contribution in [0.1, 0.15) is 10.5 Å². The third-order valence-electron chi connectivity index (χ3n) is 3.99. The minimum absolute atomic E-state index is 0. The Bertz CT molecular complexity index is 1130. The van der Waals surface area contributed by atoms with Crippen molar-refractivity contribution in [2.24, 2.45) is 5.73 Å². The number of benzene rings is 1. The summed E-state index contributed by atoms with van der Waals surface area (Å²) in [6.07, 6.45) is -1.34. The molecule has 2 N–H and O–H groups in total. The van der Waals surface area contributed by atoms with Crippen LogP contribution in [0.3, 0.4) is 0 Å². The summed E-state index contributed by atoms with van der Waals surface area (Å²) < 4.78 is 46.4. The Morgan fingerprint density at radius 2 is 1.83 bits per heavy atom. The van der Waals surface area contributed by atoms with Gasteiger partial charge in [0.1, 0.15) is 5.69 Å². The minimum atomic E-state index is -4.23. The van der Waals surface area contributed by atoms with Crippen LogP contribution in [0.25, 0.3) is 22.0 Å². The number of halogens is 4. The van der Waals surface area contributed by atoms with Gasteiger partial charge >= 0.3 is 12.0 Å². The minimum Gasteiger partial charge on any atom is -0.422 e. The summed E-state index contributed by atoms with van der Waals surface area (Å²) in [4.78, 5) is 31.7. The highest BCUT2D eigenvalue weighted by Gasteiger charge is 2.44. The van der Waals surface area contributed by atoms with Gasteiger partial charge in [0.2, 0.25) is 0 Å². The van der Waals surface area contributed by atoms with Crippen LogP contribution < -0.4 is 10.5 Å². The molecule has 11 heteroatoms. The molecule has 0 saturated carbocycles. The van der Waals surface area contributed by atoms with Gasteiger partial charge in [0, 0.05) is 37.4 Å². The predicted molar refractivity (Wildman–Crippen MR) is 105 cm³/mol. The topological polar surface area (TPSA) is 98.4 Å². The highest BCUT2D eigenvalue weighted by atomic mass is 35.5. The zero-order chi connectivity index (χ0) is 21.3. The average Bonchev–Trinajstić information content (AvgIpc) is 2.67. The molecule has 1 aromatic carbocycles. The molecule has 0 atom stereocenters. The average molecular weight is 441 g/mol. The highest BCUT2D eigenvalue weighted by molar-refractivity contribution is 5.97. The molecular formula is C19H16ClF3N4O3. The maximum absolute atomic E-state index is 14.4. The molecule has 2 heterocycles. The number of amides is 2. The molecule has 0 spiro atoms. The molecule has 0 unspecified atom stereocenters. The Morgan fingerprint density at radius 3 is 2.43 bits per heavy atom. The lowest BCUT2D eigenvalue weighted by atomic mass is 10.0. The molecule has 3 aromatic rings. The molecule has 30 heavy (non-hydrogen) atoms. The number of ether oxygens (including phenoxy) is 1. The van der Waals surface area contributed by atoms with Gasteiger partial charge in [0.15, 0.2) is 11.6 Å². The molecular weight excluding hydrogens is 425 g/mol. The first-order chi connectivity index (χ1) is 13.6. The van der Waals surface area contributed by atoms with Gasteiger partial charge in [0.25, 0.3) is 5.91 Å². The standard InChI is InChI=1S/C19H15F3N4O3.ClH/c1-26(2)18(28)19(21,22)29-15-6-4-10(7-13(15)20)12-9-24-8-11-3-5-14(17(23)27)25-16(11)12;/h3-9H,1-2H3,(H2,23,27);1H. The zero-order valence-corrected chi connectivity index (χ0v) is 16.5. The van der Waals surface area contributed by atoms with Gasteiger partial charge in [-0.05, 0) is 29.8 Å². The second-order valence-corrected chi connectivity index (χ2v) is 6.28. The summed E-state index contributed by atoms with van der Waals surface area (Å²) in [6.45, 7) is 0. The van der Waals surface area contributed by atoms with E-state index >= 15 is 0 Å². The number of hydrogen-bond acceptors (Lipinski definition) is 5. The number of pyridine rings is 2. The van der Waals surface area contributed by atoms with Gasteiger partial charge in [-0.15, -0.1) is 12.4 Å². The Balaban J connectivity index is 0.00000320. The van der Waals surface area contributed by atoms with Crippen LogP contribution >= 0.6 is 12.4 Å². The van der Waals surface area contributed by atoms with E-state index in [0.29, 0.717) is 21.4 Å².